The Hall–Kier alpha value is -3.86. The molecule has 8 nitrogen and oxygen atoms in total. The molecule has 1 saturated heterocycles. The van der Waals surface area contributed by atoms with Crippen LogP contribution in [0.15, 0.2) is 48.5 Å². The minimum atomic E-state index is -1.23. The molecule has 29 heavy (non-hydrogen) atoms. The molecule has 4 rings (SSSR count). The van der Waals surface area contributed by atoms with Crippen LogP contribution in [0.2, 0.25) is 0 Å². The summed E-state index contributed by atoms with van der Waals surface area (Å²) in [5.41, 5.74) is 0.443. The lowest BCUT2D eigenvalue weighted by atomic mass is 9.84. The first-order valence-corrected chi connectivity index (χ1v) is 9.04. The molecule has 2 heterocycles. The standard InChI is InChI=1S/C21H17N3O5/c22-11-14-4-3-5-15(10-14)13-29-18(25)12-24-19(26)21(23-20(24)27)8-9-28-17-7-2-1-6-16(17)21/h1-7,10H,8-9,12-13H2,(H,23,27)/t21-/m0/s1. The van der Waals surface area contributed by atoms with Gasteiger partial charge < -0.3 is 14.8 Å². The van der Waals surface area contributed by atoms with Crippen LogP contribution in [-0.4, -0.2) is 36.0 Å². The van der Waals surface area contributed by atoms with Gasteiger partial charge >= 0.3 is 12.0 Å². The average Bonchev–Trinajstić information content (AvgIpc) is 2.97. The number of hydrogen-bond acceptors (Lipinski definition) is 6. The summed E-state index contributed by atoms with van der Waals surface area (Å²) in [4.78, 5) is 38.7. The van der Waals surface area contributed by atoms with E-state index in [9.17, 15) is 14.4 Å². The lowest BCUT2D eigenvalue weighted by molar-refractivity contribution is -0.149. The molecule has 0 bridgehead atoms. The second-order valence-electron chi connectivity index (χ2n) is 6.79. The van der Waals surface area contributed by atoms with Gasteiger partial charge in [0.2, 0.25) is 0 Å². The summed E-state index contributed by atoms with van der Waals surface area (Å²) in [6.07, 6.45) is 0.279. The van der Waals surface area contributed by atoms with Gasteiger partial charge in [0.1, 0.15) is 18.9 Å². The van der Waals surface area contributed by atoms with Crippen molar-refractivity contribution < 1.29 is 23.9 Å². The SMILES string of the molecule is N#Cc1cccc(COC(=O)CN2C(=O)N[C@]3(CCOc4ccccc43)C2=O)c1. The maximum absolute atomic E-state index is 13.1. The first-order chi connectivity index (χ1) is 14.0. The van der Waals surface area contributed by atoms with Crippen molar-refractivity contribution in [1.29, 1.82) is 5.26 Å². The van der Waals surface area contributed by atoms with Crippen LogP contribution in [0.1, 0.15) is 23.1 Å². The van der Waals surface area contributed by atoms with Gasteiger partial charge in [-0.25, -0.2) is 4.79 Å². The lowest BCUT2D eigenvalue weighted by Crippen LogP contribution is -2.47. The molecule has 2 aliphatic rings. The molecule has 2 aromatic carbocycles. The molecule has 1 fully saturated rings. The van der Waals surface area contributed by atoms with Crippen LogP contribution in [0.4, 0.5) is 4.79 Å². The van der Waals surface area contributed by atoms with E-state index in [1.54, 1.807) is 48.5 Å². The zero-order valence-corrected chi connectivity index (χ0v) is 15.4. The van der Waals surface area contributed by atoms with Crippen molar-refractivity contribution in [1.82, 2.24) is 10.2 Å². The molecule has 146 valence electrons. The van der Waals surface area contributed by atoms with Crippen LogP contribution in [-0.2, 0) is 26.5 Å². The number of rotatable bonds is 4. The maximum Gasteiger partial charge on any atom is 0.326 e. The second kappa shape index (κ2) is 7.28. The normalized spacial score (nSPS) is 19.9. The predicted molar refractivity (Wildman–Crippen MR) is 99.4 cm³/mol. The van der Waals surface area contributed by atoms with Gasteiger partial charge in [-0.1, -0.05) is 30.3 Å². The van der Waals surface area contributed by atoms with E-state index in [-0.39, 0.29) is 19.6 Å². The van der Waals surface area contributed by atoms with Crippen molar-refractivity contribution in [3.05, 3.63) is 65.2 Å². The van der Waals surface area contributed by atoms with Gasteiger partial charge in [-0.15, -0.1) is 0 Å². The highest BCUT2D eigenvalue weighted by Gasteiger charge is 2.55. The van der Waals surface area contributed by atoms with E-state index in [2.05, 4.69) is 5.32 Å². The highest BCUT2D eigenvalue weighted by Crippen LogP contribution is 2.40. The smallest absolute Gasteiger partial charge is 0.326 e. The number of urea groups is 1. The molecule has 0 unspecified atom stereocenters. The first-order valence-electron chi connectivity index (χ1n) is 9.04. The number of esters is 1. The molecule has 0 aromatic heterocycles. The molecule has 0 radical (unpaired) electrons. The van der Waals surface area contributed by atoms with Gasteiger partial charge in [-0.3, -0.25) is 14.5 Å². The van der Waals surface area contributed by atoms with Crippen LogP contribution in [0.5, 0.6) is 5.75 Å². The number of fused-ring (bicyclic) bond motifs is 2. The van der Waals surface area contributed by atoms with Crippen molar-refractivity contribution in [3.8, 4) is 11.8 Å². The number of carbonyl (C=O) groups excluding carboxylic acids is 3. The predicted octanol–water partition coefficient (Wildman–Crippen LogP) is 1.83. The zero-order valence-electron chi connectivity index (χ0n) is 15.4. The van der Waals surface area contributed by atoms with Crippen LogP contribution in [0.25, 0.3) is 0 Å². The number of hydrogen-bond donors (Lipinski definition) is 1. The number of carbonyl (C=O) groups is 3. The van der Waals surface area contributed by atoms with E-state index in [1.165, 1.54) is 0 Å². The molecule has 2 aliphatic heterocycles. The van der Waals surface area contributed by atoms with Crippen molar-refractivity contribution in [3.63, 3.8) is 0 Å². The molecule has 0 aliphatic carbocycles. The van der Waals surface area contributed by atoms with Gasteiger partial charge in [0, 0.05) is 12.0 Å². The van der Waals surface area contributed by atoms with Crippen molar-refractivity contribution in [2.24, 2.45) is 0 Å². The van der Waals surface area contributed by atoms with Gasteiger partial charge in [-0.2, -0.15) is 5.26 Å². The number of nitrogens with one attached hydrogen (secondary N) is 1. The highest BCUT2D eigenvalue weighted by molar-refractivity contribution is 6.09. The molecular weight excluding hydrogens is 374 g/mol. The van der Waals surface area contributed by atoms with Crippen LogP contribution in [0, 0.1) is 11.3 Å². The Labute approximate surface area is 166 Å². The largest absolute Gasteiger partial charge is 0.493 e. The molecular formula is C21H17N3O5. The fourth-order valence-corrected chi connectivity index (χ4v) is 3.58. The Bertz CT molecular complexity index is 1040. The topological polar surface area (TPSA) is 109 Å². The number of benzene rings is 2. The first kappa shape index (κ1) is 18.5. The third-order valence-corrected chi connectivity index (χ3v) is 5.00. The Morgan fingerprint density at radius 3 is 2.90 bits per heavy atom. The zero-order chi connectivity index (χ0) is 20.4. The number of amides is 3. The van der Waals surface area contributed by atoms with E-state index in [1.807, 2.05) is 6.07 Å². The van der Waals surface area contributed by atoms with Crippen LogP contribution >= 0.6 is 0 Å². The Kier molecular flexibility index (Phi) is 4.64. The maximum atomic E-state index is 13.1. The Morgan fingerprint density at radius 1 is 1.24 bits per heavy atom. The lowest BCUT2D eigenvalue weighted by Gasteiger charge is -2.33. The van der Waals surface area contributed by atoms with Crippen molar-refractivity contribution >= 4 is 17.9 Å². The number of nitriles is 1. The Balaban J connectivity index is 1.46. The third-order valence-electron chi connectivity index (χ3n) is 5.00. The van der Waals surface area contributed by atoms with E-state index >= 15 is 0 Å². The van der Waals surface area contributed by atoms with Gasteiger partial charge in [0.05, 0.1) is 18.2 Å². The van der Waals surface area contributed by atoms with E-state index in [4.69, 9.17) is 14.7 Å². The Morgan fingerprint density at radius 2 is 2.07 bits per heavy atom. The van der Waals surface area contributed by atoms with Gasteiger partial charge in [-0.05, 0) is 23.8 Å². The van der Waals surface area contributed by atoms with Gasteiger partial charge in [0.25, 0.3) is 5.91 Å². The van der Waals surface area contributed by atoms with E-state index in [0.29, 0.717) is 22.4 Å². The van der Waals surface area contributed by atoms with Gasteiger partial charge in [0.15, 0.2) is 5.54 Å². The minimum Gasteiger partial charge on any atom is -0.493 e. The second-order valence-corrected chi connectivity index (χ2v) is 6.79. The summed E-state index contributed by atoms with van der Waals surface area (Å²) in [6, 6.07) is 15.0. The fourth-order valence-electron chi connectivity index (χ4n) is 3.58. The summed E-state index contributed by atoms with van der Waals surface area (Å²) in [5, 5.41) is 11.7. The number of para-hydroxylation sites is 1. The summed E-state index contributed by atoms with van der Waals surface area (Å²) in [7, 11) is 0. The third kappa shape index (κ3) is 3.27. The summed E-state index contributed by atoms with van der Waals surface area (Å²) < 4.78 is 10.8. The quantitative estimate of drug-likeness (QED) is 0.629. The van der Waals surface area contributed by atoms with Crippen LogP contribution in [0.3, 0.4) is 0 Å². The number of nitrogens with zero attached hydrogens (tertiary/aromatic N) is 2. The summed E-state index contributed by atoms with van der Waals surface area (Å²) in [5.74, 6) is -0.677. The molecule has 3 amide bonds. The molecule has 1 N–H and O–H groups in total. The summed E-state index contributed by atoms with van der Waals surface area (Å²) in [6.45, 7) is -0.274. The minimum absolute atomic E-state index is 0.0557. The molecule has 1 spiro atoms. The van der Waals surface area contributed by atoms with E-state index < -0.39 is 30.0 Å². The van der Waals surface area contributed by atoms with Crippen molar-refractivity contribution in [2.75, 3.05) is 13.2 Å². The van der Waals surface area contributed by atoms with Crippen molar-refractivity contribution in [2.45, 2.75) is 18.6 Å². The molecule has 8 heteroatoms. The van der Waals surface area contributed by atoms with E-state index in [0.717, 1.165) is 4.90 Å². The van der Waals surface area contributed by atoms with Crippen LogP contribution < -0.4 is 10.1 Å². The number of imide groups is 1. The molecule has 1 atom stereocenters. The highest BCUT2D eigenvalue weighted by atomic mass is 16.5. The molecule has 0 saturated carbocycles. The fraction of sp³-hybridized carbons (Fsp3) is 0.238. The monoisotopic (exact) mass is 391 g/mol. The number of ether oxygens (including phenoxy) is 2. The molecule has 2 aromatic rings. The summed E-state index contributed by atoms with van der Waals surface area (Å²) >= 11 is 0. The average molecular weight is 391 g/mol.